The highest BCUT2D eigenvalue weighted by atomic mass is 16.5. The first kappa shape index (κ1) is 11.9. The molecule has 1 aliphatic carbocycles. The van der Waals surface area contributed by atoms with Gasteiger partial charge >= 0.3 is 0 Å². The number of amides is 1. The van der Waals surface area contributed by atoms with Crippen LogP contribution in [0.3, 0.4) is 0 Å². The lowest BCUT2D eigenvalue weighted by Crippen LogP contribution is -2.38. The molecule has 2 N–H and O–H groups in total. The maximum Gasteiger partial charge on any atom is 0.221 e. The van der Waals surface area contributed by atoms with Crippen LogP contribution in [0.5, 0.6) is 0 Å². The number of methoxy groups -OCH3 is 1. The summed E-state index contributed by atoms with van der Waals surface area (Å²) < 4.78 is 5.36. The Bertz CT molecular complexity index is 245. The van der Waals surface area contributed by atoms with Crippen molar-refractivity contribution in [3.63, 3.8) is 0 Å². The molecule has 0 aromatic rings. The summed E-state index contributed by atoms with van der Waals surface area (Å²) in [5.41, 5.74) is 0. The average molecular weight is 226 g/mol. The monoisotopic (exact) mass is 226 g/mol. The number of carbonyl (C=O) groups is 1. The van der Waals surface area contributed by atoms with Crippen molar-refractivity contribution in [1.82, 2.24) is 10.6 Å². The fourth-order valence-corrected chi connectivity index (χ4v) is 2.76. The van der Waals surface area contributed by atoms with E-state index >= 15 is 0 Å². The fourth-order valence-electron chi connectivity index (χ4n) is 2.76. The number of hydrogen-bond acceptors (Lipinski definition) is 3. The van der Waals surface area contributed by atoms with Crippen LogP contribution in [0.1, 0.15) is 38.5 Å². The quantitative estimate of drug-likeness (QED) is 0.749. The Morgan fingerprint density at radius 3 is 2.94 bits per heavy atom. The minimum absolute atomic E-state index is 0.191. The predicted molar refractivity (Wildman–Crippen MR) is 62.2 cm³/mol. The van der Waals surface area contributed by atoms with Crippen LogP contribution in [0.25, 0.3) is 0 Å². The van der Waals surface area contributed by atoms with E-state index in [0.717, 1.165) is 32.2 Å². The molecule has 2 aliphatic rings. The van der Waals surface area contributed by atoms with Gasteiger partial charge in [-0.2, -0.15) is 0 Å². The third kappa shape index (κ3) is 3.19. The van der Waals surface area contributed by atoms with Crippen molar-refractivity contribution in [2.24, 2.45) is 0 Å². The molecule has 2 rings (SSSR count). The minimum atomic E-state index is 0.191. The normalized spacial score (nSPS) is 35.8. The van der Waals surface area contributed by atoms with E-state index in [-0.39, 0.29) is 5.91 Å². The number of carbonyl (C=O) groups excluding carboxylic acids is 1. The first-order chi connectivity index (χ1) is 7.78. The van der Waals surface area contributed by atoms with Crippen LogP contribution in [0, 0.1) is 0 Å². The van der Waals surface area contributed by atoms with Crippen LogP contribution in [0.2, 0.25) is 0 Å². The molecule has 0 aromatic heterocycles. The van der Waals surface area contributed by atoms with Gasteiger partial charge in [-0.25, -0.2) is 0 Å². The minimum Gasteiger partial charge on any atom is -0.381 e. The molecule has 1 amide bonds. The number of nitrogens with one attached hydrogen (secondary N) is 2. The van der Waals surface area contributed by atoms with E-state index in [9.17, 15) is 4.79 Å². The molecule has 1 heterocycles. The first-order valence-corrected chi connectivity index (χ1v) is 6.33. The molecular formula is C12H22N2O2. The van der Waals surface area contributed by atoms with Crippen LogP contribution in [0.4, 0.5) is 0 Å². The standard InChI is InChI=1S/C12H22N2O2/c1-16-11-5-4-10(7-11)14-9-3-2-6-13-12(15)8-9/h9-11,14H,2-8H2,1H3,(H,13,15). The van der Waals surface area contributed by atoms with Gasteiger partial charge in [0.2, 0.25) is 5.91 Å². The number of hydrogen-bond donors (Lipinski definition) is 2. The molecule has 4 nitrogen and oxygen atoms in total. The summed E-state index contributed by atoms with van der Waals surface area (Å²) in [4.78, 5) is 11.4. The molecule has 0 radical (unpaired) electrons. The highest BCUT2D eigenvalue weighted by Gasteiger charge is 2.27. The van der Waals surface area contributed by atoms with Gasteiger partial charge in [-0.05, 0) is 32.1 Å². The molecule has 1 aliphatic heterocycles. The van der Waals surface area contributed by atoms with Crippen molar-refractivity contribution in [3.05, 3.63) is 0 Å². The van der Waals surface area contributed by atoms with E-state index in [2.05, 4.69) is 10.6 Å². The Hall–Kier alpha value is -0.610. The Kier molecular flexibility index (Phi) is 4.18. The Balaban J connectivity index is 1.78. The maximum absolute atomic E-state index is 11.4. The van der Waals surface area contributed by atoms with E-state index in [4.69, 9.17) is 4.74 Å². The van der Waals surface area contributed by atoms with Gasteiger partial charge in [0, 0.05) is 32.2 Å². The molecule has 1 saturated carbocycles. The van der Waals surface area contributed by atoms with E-state index in [1.165, 1.54) is 6.42 Å². The zero-order valence-electron chi connectivity index (χ0n) is 10.00. The lowest BCUT2D eigenvalue weighted by atomic mass is 10.1. The molecule has 0 bridgehead atoms. The zero-order valence-corrected chi connectivity index (χ0v) is 10.00. The summed E-state index contributed by atoms with van der Waals surface area (Å²) in [6.45, 7) is 0.836. The SMILES string of the molecule is COC1CCC(NC2CCCNC(=O)C2)C1. The highest BCUT2D eigenvalue weighted by Crippen LogP contribution is 2.22. The van der Waals surface area contributed by atoms with E-state index in [1.54, 1.807) is 7.11 Å². The third-order valence-electron chi connectivity index (χ3n) is 3.67. The molecule has 2 fully saturated rings. The highest BCUT2D eigenvalue weighted by molar-refractivity contribution is 5.76. The van der Waals surface area contributed by atoms with Crippen molar-refractivity contribution in [2.75, 3.05) is 13.7 Å². The lowest BCUT2D eigenvalue weighted by Gasteiger charge is -2.20. The second-order valence-corrected chi connectivity index (χ2v) is 4.93. The Morgan fingerprint density at radius 1 is 1.31 bits per heavy atom. The van der Waals surface area contributed by atoms with E-state index in [1.807, 2.05) is 0 Å². The van der Waals surface area contributed by atoms with Crippen LogP contribution < -0.4 is 10.6 Å². The third-order valence-corrected chi connectivity index (χ3v) is 3.67. The van der Waals surface area contributed by atoms with Gasteiger partial charge in [-0.1, -0.05) is 0 Å². The fraction of sp³-hybridized carbons (Fsp3) is 0.917. The number of ether oxygens (including phenoxy) is 1. The lowest BCUT2D eigenvalue weighted by molar-refractivity contribution is -0.121. The Morgan fingerprint density at radius 2 is 2.19 bits per heavy atom. The van der Waals surface area contributed by atoms with Gasteiger partial charge in [0.05, 0.1) is 6.10 Å². The second kappa shape index (κ2) is 5.64. The number of rotatable bonds is 3. The van der Waals surface area contributed by atoms with Crippen molar-refractivity contribution in [2.45, 2.75) is 56.7 Å². The van der Waals surface area contributed by atoms with Gasteiger partial charge in [0.25, 0.3) is 0 Å². The van der Waals surface area contributed by atoms with E-state index < -0.39 is 0 Å². The molecular weight excluding hydrogens is 204 g/mol. The smallest absolute Gasteiger partial charge is 0.221 e. The molecule has 4 heteroatoms. The molecule has 0 spiro atoms. The molecule has 16 heavy (non-hydrogen) atoms. The van der Waals surface area contributed by atoms with Gasteiger partial charge in [0.1, 0.15) is 0 Å². The molecule has 3 atom stereocenters. The molecule has 92 valence electrons. The summed E-state index contributed by atoms with van der Waals surface area (Å²) in [6, 6.07) is 0.906. The van der Waals surface area contributed by atoms with Gasteiger partial charge in [0.15, 0.2) is 0 Å². The summed E-state index contributed by atoms with van der Waals surface area (Å²) in [7, 11) is 1.78. The molecule has 3 unspecified atom stereocenters. The Labute approximate surface area is 97.1 Å². The van der Waals surface area contributed by atoms with Crippen molar-refractivity contribution >= 4 is 5.91 Å². The van der Waals surface area contributed by atoms with Crippen LogP contribution in [-0.4, -0.2) is 37.7 Å². The predicted octanol–water partition coefficient (Wildman–Crippen LogP) is 0.812. The topological polar surface area (TPSA) is 50.4 Å². The van der Waals surface area contributed by atoms with Crippen LogP contribution in [-0.2, 0) is 9.53 Å². The van der Waals surface area contributed by atoms with Crippen molar-refractivity contribution in [3.8, 4) is 0 Å². The van der Waals surface area contributed by atoms with Crippen LogP contribution in [0.15, 0.2) is 0 Å². The van der Waals surface area contributed by atoms with Gasteiger partial charge in [-0.3, -0.25) is 4.79 Å². The van der Waals surface area contributed by atoms with Crippen molar-refractivity contribution in [1.29, 1.82) is 0 Å². The molecule has 0 aromatic carbocycles. The first-order valence-electron chi connectivity index (χ1n) is 6.33. The van der Waals surface area contributed by atoms with Gasteiger partial charge in [-0.15, -0.1) is 0 Å². The summed E-state index contributed by atoms with van der Waals surface area (Å²) >= 11 is 0. The van der Waals surface area contributed by atoms with Gasteiger partial charge < -0.3 is 15.4 Å². The van der Waals surface area contributed by atoms with Crippen LogP contribution >= 0.6 is 0 Å². The summed E-state index contributed by atoms with van der Waals surface area (Å²) in [5, 5.41) is 6.53. The summed E-state index contributed by atoms with van der Waals surface area (Å²) in [5.74, 6) is 0.191. The second-order valence-electron chi connectivity index (χ2n) is 4.93. The molecule has 1 saturated heterocycles. The van der Waals surface area contributed by atoms with E-state index in [0.29, 0.717) is 24.6 Å². The largest absolute Gasteiger partial charge is 0.381 e. The zero-order chi connectivity index (χ0) is 11.4. The maximum atomic E-state index is 11.4. The summed E-state index contributed by atoms with van der Waals surface area (Å²) in [6.07, 6.45) is 6.65. The van der Waals surface area contributed by atoms with Crippen molar-refractivity contribution < 1.29 is 9.53 Å². The average Bonchev–Trinajstić information content (AvgIpc) is 2.62.